The maximum absolute atomic E-state index is 9.52. The lowest BCUT2D eigenvalue weighted by molar-refractivity contribution is 0.178. The number of rotatable bonds is 7. The van der Waals surface area contributed by atoms with Gasteiger partial charge in [0.1, 0.15) is 0 Å². The molecular weight excluding hydrogens is 238 g/mol. The fourth-order valence-corrected chi connectivity index (χ4v) is 3.13. The average molecular weight is 259 g/mol. The second kappa shape index (κ2) is 7.07. The van der Waals surface area contributed by atoms with Crippen LogP contribution >= 0.6 is 23.6 Å². The molecule has 0 saturated carbocycles. The van der Waals surface area contributed by atoms with E-state index in [1.54, 1.807) is 0 Å². The van der Waals surface area contributed by atoms with Gasteiger partial charge in [-0.15, -0.1) is 11.3 Å². The number of hydrogen-bond acceptors (Lipinski definition) is 3. The molecule has 0 aliphatic rings. The highest BCUT2D eigenvalue weighted by Crippen LogP contribution is 2.20. The third-order valence-corrected chi connectivity index (χ3v) is 4.38. The molecule has 0 atom stereocenters. The Hall–Kier alpha value is -0.350. The van der Waals surface area contributed by atoms with Crippen LogP contribution in [0.15, 0.2) is 0 Å². The van der Waals surface area contributed by atoms with E-state index in [1.165, 1.54) is 54.7 Å². The van der Waals surface area contributed by atoms with Gasteiger partial charge in [0.15, 0.2) is 3.95 Å². The highest BCUT2D eigenvalue weighted by Gasteiger charge is 2.06. The van der Waals surface area contributed by atoms with Crippen LogP contribution in [0.5, 0.6) is 0 Å². The van der Waals surface area contributed by atoms with E-state index in [4.69, 9.17) is 12.2 Å². The molecule has 92 valence electrons. The molecule has 0 unspecified atom stereocenters. The minimum Gasteiger partial charge on any atom is -0.427 e. The first kappa shape index (κ1) is 13.7. The van der Waals surface area contributed by atoms with E-state index in [2.05, 4.69) is 6.92 Å². The fourth-order valence-electron chi connectivity index (χ4n) is 1.78. The second-order valence-electron chi connectivity index (χ2n) is 4.21. The molecule has 16 heavy (non-hydrogen) atoms. The minimum absolute atomic E-state index is 0.568. The van der Waals surface area contributed by atoms with Crippen LogP contribution in [0.3, 0.4) is 0 Å². The molecule has 0 aliphatic heterocycles. The topological polar surface area (TPSA) is 25.2 Å². The molecule has 1 aromatic heterocycles. The first-order chi connectivity index (χ1) is 7.66. The summed E-state index contributed by atoms with van der Waals surface area (Å²) in [4.78, 5) is 1.24. The van der Waals surface area contributed by atoms with Gasteiger partial charge in [-0.1, -0.05) is 39.0 Å². The van der Waals surface area contributed by atoms with Crippen LogP contribution in [0, 0.1) is 10.9 Å². The molecule has 0 spiro atoms. The molecule has 1 rings (SSSR count). The first-order valence-corrected chi connectivity index (χ1v) is 7.29. The summed E-state index contributed by atoms with van der Waals surface area (Å²) in [6, 6.07) is 0. The second-order valence-corrected chi connectivity index (χ2v) is 5.93. The van der Waals surface area contributed by atoms with E-state index < -0.39 is 0 Å². The Morgan fingerprint density at radius 3 is 2.38 bits per heavy atom. The van der Waals surface area contributed by atoms with Gasteiger partial charge in [0.2, 0.25) is 0 Å². The molecule has 0 radical (unpaired) electrons. The maximum atomic E-state index is 9.52. The van der Waals surface area contributed by atoms with Crippen LogP contribution in [0.2, 0.25) is 0 Å². The van der Waals surface area contributed by atoms with Gasteiger partial charge in [-0.25, -0.2) is 0 Å². The van der Waals surface area contributed by atoms with Crippen molar-refractivity contribution in [3.63, 3.8) is 0 Å². The zero-order chi connectivity index (χ0) is 12.0. The van der Waals surface area contributed by atoms with Crippen molar-refractivity contribution < 1.29 is 5.21 Å². The standard InChI is InChI=1S/C12H21NOS2/c1-3-4-5-6-7-8-9-11-10(2)13(14)12(15)16-11/h14H,3-9H2,1-2H3. The lowest BCUT2D eigenvalue weighted by atomic mass is 10.1. The van der Waals surface area contributed by atoms with Gasteiger partial charge in [-0.3, -0.25) is 0 Å². The third kappa shape index (κ3) is 3.91. The van der Waals surface area contributed by atoms with Gasteiger partial charge in [0, 0.05) is 4.88 Å². The molecule has 1 heterocycles. The van der Waals surface area contributed by atoms with Crippen LogP contribution < -0.4 is 0 Å². The number of hydrogen-bond donors (Lipinski definition) is 1. The Balaban J connectivity index is 2.27. The van der Waals surface area contributed by atoms with E-state index in [-0.39, 0.29) is 0 Å². The monoisotopic (exact) mass is 259 g/mol. The Labute approximate surface area is 107 Å². The highest BCUT2D eigenvalue weighted by molar-refractivity contribution is 7.73. The van der Waals surface area contributed by atoms with Crippen molar-refractivity contribution in [3.8, 4) is 0 Å². The average Bonchev–Trinajstić information content (AvgIpc) is 2.51. The normalized spacial score (nSPS) is 10.9. The maximum Gasteiger partial charge on any atom is 0.196 e. The lowest BCUT2D eigenvalue weighted by Gasteiger charge is -2.01. The highest BCUT2D eigenvalue weighted by atomic mass is 32.1. The summed E-state index contributed by atoms with van der Waals surface area (Å²) in [6.45, 7) is 4.17. The van der Waals surface area contributed by atoms with Crippen LogP contribution in [0.4, 0.5) is 0 Å². The zero-order valence-corrected chi connectivity index (χ0v) is 11.8. The molecule has 2 nitrogen and oxygen atoms in total. The van der Waals surface area contributed by atoms with Crippen LogP contribution in [0.25, 0.3) is 0 Å². The molecule has 0 aromatic carbocycles. The van der Waals surface area contributed by atoms with Gasteiger partial charge < -0.3 is 5.21 Å². The van der Waals surface area contributed by atoms with Crippen LogP contribution in [0.1, 0.15) is 56.0 Å². The predicted molar refractivity (Wildman–Crippen MR) is 72.1 cm³/mol. The summed E-state index contributed by atoms with van der Waals surface area (Å²) in [5.41, 5.74) is 0.920. The summed E-state index contributed by atoms with van der Waals surface area (Å²) in [5.74, 6) is 0. The predicted octanol–water partition coefficient (Wildman–Crippen LogP) is 4.73. The smallest absolute Gasteiger partial charge is 0.196 e. The Kier molecular flexibility index (Phi) is 6.06. The third-order valence-electron chi connectivity index (χ3n) is 2.86. The number of nitrogens with zero attached hydrogens (tertiary/aromatic N) is 1. The Morgan fingerprint density at radius 1 is 1.19 bits per heavy atom. The van der Waals surface area contributed by atoms with Gasteiger partial charge in [-0.05, 0) is 32.0 Å². The number of thiazole rings is 1. The van der Waals surface area contributed by atoms with Crippen molar-refractivity contribution in [2.24, 2.45) is 0 Å². The Morgan fingerprint density at radius 2 is 1.81 bits per heavy atom. The summed E-state index contributed by atoms with van der Waals surface area (Å²) in [6.07, 6.45) is 8.89. The van der Waals surface area contributed by atoms with E-state index >= 15 is 0 Å². The molecule has 0 amide bonds. The lowest BCUT2D eigenvalue weighted by Crippen LogP contribution is -1.94. The summed E-state index contributed by atoms with van der Waals surface area (Å²) in [5, 5.41) is 9.52. The van der Waals surface area contributed by atoms with Crippen molar-refractivity contribution in [1.82, 2.24) is 4.73 Å². The first-order valence-electron chi connectivity index (χ1n) is 6.07. The molecule has 0 fully saturated rings. The van der Waals surface area contributed by atoms with E-state index in [9.17, 15) is 5.21 Å². The van der Waals surface area contributed by atoms with Crippen molar-refractivity contribution in [2.75, 3.05) is 0 Å². The molecular formula is C12H21NOS2. The van der Waals surface area contributed by atoms with Crippen molar-refractivity contribution in [2.45, 2.75) is 58.8 Å². The number of unbranched alkanes of at least 4 members (excludes halogenated alkanes) is 5. The van der Waals surface area contributed by atoms with Crippen molar-refractivity contribution in [1.29, 1.82) is 0 Å². The minimum atomic E-state index is 0.568. The van der Waals surface area contributed by atoms with E-state index in [0.717, 1.165) is 16.8 Å². The largest absolute Gasteiger partial charge is 0.427 e. The van der Waals surface area contributed by atoms with E-state index in [0.29, 0.717) is 3.95 Å². The molecule has 0 aliphatic carbocycles. The number of aryl methyl sites for hydroxylation is 1. The van der Waals surface area contributed by atoms with Crippen molar-refractivity contribution in [3.05, 3.63) is 14.5 Å². The quantitative estimate of drug-likeness (QED) is 0.435. The van der Waals surface area contributed by atoms with Gasteiger partial charge in [0.05, 0.1) is 5.69 Å². The molecule has 0 bridgehead atoms. The van der Waals surface area contributed by atoms with Crippen LogP contribution in [-0.2, 0) is 6.42 Å². The summed E-state index contributed by atoms with van der Waals surface area (Å²) >= 11 is 6.57. The van der Waals surface area contributed by atoms with Gasteiger partial charge in [-0.2, -0.15) is 4.73 Å². The fraction of sp³-hybridized carbons (Fsp3) is 0.750. The zero-order valence-electron chi connectivity index (χ0n) is 10.2. The molecule has 1 N–H and O–H groups in total. The van der Waals surface area contributed by atoms with Crippen LogP contribution in [-0.4, -0.2) is 9.94 Å². The Bertz CT molecular complexity index is 368. The van der Waals surface area contributed by atoms with Gasteiger partial charge >= 0.3 is 0 Å². The SMILES string of the molecule is CCCCCCCCc1sc(=S)n(O)c1C. The van der Waals surface area contributed by atoms with Crippen molar-refractivity contribution >= 4 is 23.6 Å². The van der Waals surface area contributed by atoms with Gasteiger partial charge in [0.25, 0.3) is 0 Å². The molecule has 0 saturated heterocycles. The van der Waals surface area contributed by atoms with E-state index in [1.807, 2.05) is 6.92 Å². The number of aromatic nitrogens is 1. The molecule has 4 heteroatoms. The molecule has 1 aromatic rings. The summed E-state index contributed by atoms with van der Waals surface area (Å²) < 4.78 is 1.70. The summed E-state index contributed by atoms with van der Waals surface area (Å²) in [7, 11) is 0.